The van der Waals surface area contributed by atoms with Gasteiger partial charge in [0.25, 0.3) is 5.91 Å². The van der Waals surface area contributed by atoms with Gasteiger partial charge in [0, 0.05) is 31.4 Å². The number of benzene rings is 1. The first-order chi connectivity index (χ1) is 14.5. The Balaban J connectivity index is 1.60. The number of nitrogens with zero attached hydrogens (tertiary/aromatic N) is 3. The minimum Gasteiger partial charge on any atom is -0.365 e. The first-order valence-electron chi connectivity index (χ1n) is 10.0. The van der Waals surface area contributed by atoms with Crippen molar-refractivity contribution in [1.29, 1.82) is 0 Å². The Bertz CT molecular complexity index is 1060. The molecule has 0 unspecified atom stereocenters. The van der Waals surface area contributed by atoms with Gasteiger partial charge in [0.05, 0.1) is 34.4 Å². The first kappa shape index (κ1) is 22.0. The summed E-state index contributed by atoms with van der Waals surface area (Å²) in [5.74, 6) is -3.55. The number of carbonyl (C=O) groups is 2. The Morgan fingerprint density at radius 3 is 2.48 bits per heavy atom. The lowest BCUT2D eigenvalue weighted by Crippen LogP contribution is -2.49. The summed E-state index contributed by atoms with van der Waals surface area (Å²) >= 11 is 12.1. The quantitative estimate of drug-likeness (QED) is 0.697. The smallest absolute Gasteiger partial charge is 0.252 e. The standard InChI is InChI=1S/C21H22Cl2F2N4O2/c1-2-20(10-21(24,25)11-20)8-16(30)28-5-6-29-15(9-28)17(19(26)31)18(27-29)12-3-4-13(22)14(23)7-12/h3-4,7H,2,5-6,8-11H2,1H3,(H2,26,31). The Morgan fingerprint density at radius 2 is 1.90 bits per heavy atom. The first-order valence-corrected chi connectivity index (χ1v) is 10.8. The van der Waals surface area contributed by atoms with E-state index in [1.165, 1.54) is 0 Å². The fraction of sp³-hybridized carbons (Fsp3) is 0.476. The van der Waals surface area contributed by atoms with Crippen LogP contribution >= 0.6 is 23.2 Å². The lowest BCUT2D eigenvalue weighted by atomic mass is 9.62. The third kappa shape index (κ3) is 4.03. The summed E-state index contributed by atoms with van der Waals surface area (Å²) in [6.45, 7) is 2.73. The number of hydrogen-bond donors (Lipinski definition) is 1. The van der Waals surface area contributed by atoms with E-state index < -0.39 is 17.2 Å². The summed E-state index contributed by atoms with van der Waals surface area (Å²) in [6, 6.07) is 4.91. The summed E-state index contributed by atoms with van der Waals surface area (Å²) in [5.41, 5.74) is 6.70. The van der Waals surface area contributed by atoms with Crippen molar-refractivity contribution in [2.24, 2.45) is 11.1 Å². The summed E-state index contributed by atoms with van der Waals surface area (Å²) in [6.07, 6.45) is 0.0664. The average molecular weight is 471 g/mol. The van der Waals surface area contributed by atoms with Crippen molar-refractivity contribution in [1.82, 2.24) is 14.7 Å². The molecule has 2 heterocycles. The van der Waals surface area contributed by atoms with Gasteiger partial charge in [0.15, 0.2) is 0 Å². The summed E-state index contributed by atoms with van der Waals surface area (Å²) in [4.78, 5) is 26.8. The van der Waals surface area contributed by atoms with Crippen molar-refractivity contribution < 1.29 is 18.4 Å². The average Bonchev–Trinajstić information content (AvgIpc) is 3.07. The Labute approximate surface area is 188 Å². The molecule has 1 saturated carbocycles. The van der Waals surface area contributed by atoms with Gasteiger partial charge in [-0.3, -0.25) is 14.3 Å². The molecule has 1 aliphatic carbocycles. The van der Waals surface area contributed by atoms with E-state index in [0.717, 1.165) is 0 Å². The van der Waals surface area contributed by atoms with Crippen molar-refractivity contribution in [2.75, 3.05) is 6.54 Å². The van der Waals surface area contributed by atoms with Crippen LogP contribution in [0.4, 0.5) is 8.78 Å². The molecule has 0 spiro atoms. The Morgan fingerprint density at radius 1 is 1.19 bits per heavy atom. The van der Waals surface area contributed by atoms with Crippen molar-refractivity contribution in [3.8, 4) is 11.3 Å². The maximum Gasteiger partial charge on any atom is 0.252 e. The fourth-order valence-corrected chi connectivity index (χ4v) is 4.91. The second-order valence-electron chi connectivity index (χ2n) is 8.44. The number of halogens is 4. The highest BCUT2D eigenvalue weighted by Gasteiger charge is 2.56. The molecule has 166 valence electrons. The van der Waals surface area contributed by atoms with Gasteiger partial charge in [0.1, 0.15) is 5.69 Å². The van der Waals surface area contributed by atoms with Crippen molar-refractivity contribution >= 4 is 35.0 Å². The van der Waals surface area contributed by atoms with Crippen LogP contribution in [0.3, 0.4) is 0 Å². The van der Waals surface area contributed by atoms with Gasteiger partial charge in [0.2, 0.25) is 11.8 Å². The molecule has 10 heteroatoms. The van der Waals surface area contributed by atoms with E-state index in [0.29, 0.717) is 46.5 Å². The number of fused-ring (bicyclic) bond motifs is 1. The van der Waals surface area contributed by atoms with Crippen LogP contribution in [-0.4, -0.2) is 39.0 Å². The zero-order valence-electron chi connectivity index (χ0n) is 16.9. The molecule has 0 bridgehead atoms. The predicted octanol–water partition coefficient (Wildman–Crippen LogP) is 4.51. The maximum absolute atomic E-state index is 13.5. The van der Waals surface area contributed by atoms with Crippen molar-refractivity contribution in [2.45, 2.75) is 51.6 Å². The predicted molar refractivity (Wildman–Crippen MR) is 113 cm³/mol. The number of primary amides is 1. The van der Waals surface area contributed by atoms with E-state index in [1.807, 2.05) is 6.92 Å². The second kappa shape index (κ2) is 7.74. The third-order valence-corrected chi connectivity index (χ3v) is 7.05. The molecule has 6 nitrogen and oxygen atoms in total. The van der Waals surface area contributed by atoms with Crippen molar-refractivity contribution in [3.63, 3.8) is 0 Å². The van der Waals surface area contributed by atoms with Gasteiger partial charge in [-0.1, -0.05) is 36.2 Å². The Kier molecular flexibility index (Phi) is 5.50. The lowest BCUT2D eigenvalue weighted by Gasteiger charge is -2.47. The zero-order chi connectivity index (χ0) is 22.6. The van der Waals surface area contributed by atoms with E-state index in [1.54, 1.807) is 27.8 Å². The van der Waals surface area contributed by atoms with Gasteiger partial charge in [-0.05, 0) is 24.0 Å². The zero-order valence-corrected chi connectivity index (χ0v) is 18.4. The van der Waals surface area contributed by atoms with E-state index >= 15 is 0 Å². The molecule has 2 amide bonds. The van der Waals surface area contributed by atoms with Crippen LogP contribution < -0.4 is 5.73 Å². The van der Waals surface area contributed by atoms with E-state index in [-0.39, 0.29) is 37.3 Å². The normalized spacial score (nSPS) is 18.9. The largest absolute Gasteiger partial charge is 0.365 e. The maximum atomic E-state index is 13.5. The van der Waals surface area contributed by atoms with Crippen LogP contribution in [0.15, 0.2) is 18.2 Å². The molecule has 0 atom stereocenters. The molecule has 1 aromatic carbocycles. The van der Waals surface area contributed by atoms with Crippen LogP contribution in [0, 0.1) is 5.41 Å². The molecule has 2 aromatic rings. The number of amides is 2. The van der Waals surface area contributed by atoms with Gasteiger partial charge in [-0.15, -0.1) is 0 Å². The minimum atomic E-state index is -2.69. The van der Waals surface area contributed by atoms with E-state index in [2.05, 4.69) is 5.10 Å². The van der Waals surface area contributed by atoms with Crippen LogP contribution in [0.25, 0.3) is 11.3 Å². The third-order valence-electron chi connectivity index (χ3n) is 6.32. The molecule has 4 rings (SSSR count). The Hall–Kier alpha value is -2.19. The number of carbonyl (C=O) groups excluding carboxylic acids is 2. The number of alkyl halides is 2. The molecule has 2 aliphatic rings. The molecule has 0 saturated heterocycles. The van der Waals surface area contributed by atoms with Crippen LogP contribution in [-0.2, 0) is 17.9 Å². The number of nitrogens with two attached hydrogens (primary N) is 1. The highest BCUT2D eigenvalue weighted by Crippen LogP contribution is 2.56. The monoisotopic (exact) mass is 470 g/mol. The summed E-state index contributed by atoms with van der Waals surface area (Å²) < 4.78 is 28.6. The van der Waals surface area contributed by atoms with Crippen LogP contribution in [0.2, 0.25) is 10.0 Å². The van der Waals surface area contributed by atoms with Gasteiger partial charge in [-0.25, -0.2) is 8.78 Å². The number of hydrogen-bond acceptors (Lipinski definition) is 3. The molecular formula is C21H22Cl2F2N4O2. The van der Waals surface area contributed by atoms with Gasteiger partial charge < -0.3 is 10.6 Å². The topological polar surface area (TPSA) is 81.2 Å². The molecule has 1 aromatic heterocycles. The highest BCUT2D eigenvalue weighted by atomic mass is 35.5. The minimum absolute atomic E-state index is 0.0682. The summed E-state index contributed by atoms with van der Waals surface area (Å²) in [7, 11) is 0. The van der Waals surface area contributed by atoms with Crippen LogP contribution in [0.1, 0.15) is 48.7 Å². The molecule has 1 fully saturated rings. The van der Waals surface area contributed by atoms with E-state index in [9.17, 15) is 18.4 Å². The van der Waals surface area contributed by atoms with Gasteiger partial charge >= 0.3 is 0 Å². The van der Waals surface area contributed by atoms with Gasteiger partial charge in [-0.2, -0.15) is 5.10 Å². The molecule has 2 N–H and O–H groups in total. The summed E-state index contributed by atoms with van der Waals surface area (Å²) in [5, 5.41) is 5.21. The van der Waals surface area contributed by atoms with Crippen molar-refractivity contribution in [3.05, 3.63) is 39.5 Å². The highest BCUT2D eigenvalue weighted by molar-refractivity contribution is 6.42. The lowest BCUT2D eigenvalue weighted by molar-refractivity contribution is -0.173. The fourth-order valence-electron chi connectivity index (χ4n) is 4.61. The number of aromatic nitrogens is 2. The van der Waals surface area contributed by atoms with Crippen LogP contribution in [0.5, 0.6) is 0 Å². The molecule has 1 aliphatic heterocycles. The molecule has 31 heavy (non-hydrogen) atoms. The molecule has 0 radical (unpaired) electrons. The molecular weight excluding hydrogens is 449 g/mol. The SMILES string of the molecule is CCC1(CC(=O)N2CCn3nc(-c4ccc(Cl)c(Cl)c4)c(C(N)=O)c3C2)CC(F)(F)C1. The van der Waals surface area contributed by atoms with E-state index in [4.69, 9.17) is 28.9 Å². The number of rotatable bonds is 5. The second-order valence-corrected chi connectivity index (χ2v) is 9.26.